The normalized spacial score (nSPS) is 13.8. The predicted octanol–water partition coefficient (Wildman–Crippen LogP) is 5.13. The summed E-state index contributed by atoms with van der Waals surface area (Å²) in [5.41, 5.74) is 8.64. The second-order valence-electron chi connectivity index (χ2n) is 7.67. The number of aromatic carboxylic acids is 1. The topological polar surface area (TPSA) is 117 Å². The zero-order valence-electron chi connectivity index (χ0n) is 22.1. The van der Waals surface area contributed by atoms with Gasteiger partial charge in [0.1, 0.15) is 5.83 Å². The number of rotatable bonds is 6. The van der Waals surface area contributed by atoms with Crippen LogP contribution in [-0.4, -0.2) is 41.1 Å². The lowest BCUT2D eigenvalue weighted by Gasteiger charge is -2.10. The van der Waals surface area contributed by atoms with Gasteiger partial charge in [-0.05, 0) is 83.0 Å². The molecule has 1 amide bonds. The lowest BCUT2D eigenvalue weighted by Crippen LogP contribution is -2.21. The Hall–Kier alpha value is -3.10. The number of amides is 1. The average molecular weight is 491 g/mol. The number of hydrogen-bond acceptors (Lipinski definition) is 5. The van der Waals surface area contributed by atoms with Crippen LogP contribution in [0.5, 0.6) is 0 Å². The molecule has 0 aromatic carbocycles. The van der Waals surface area contributed by atoms with Gasteiger partial charge in [-0.15, -0.1) is 0 Å². The van der Waals surface area contributed by atoms with Crippen LogP contribution in [0.3, 0.4) is 0 Å². The van der Waals surface area contributed by atoms with Crippen LogP contribution in [0.15, 0.2) is 60.7 Å². The third-order valence-corrected chi connectivity index (χ3v) is 4.48. The number of nitrogens with one attached hydrogen (secondary N) is 2. The molecule has 0 spiro atoms. The number of carbonyl (C=O) groups is 2. The standard InChI is InChI=1S/C12H17FN2O.C8H9NO2.C5H11N.C2H6/c1-5-12(16)15-7-10(13)6-11(8(2)3)9(4)14;1-5-3-7(8(10)11)6(2)9-4-5;1-2-4-6-5-3-1;1-2/h5-7,9H,1-2,14H2,3-4H3,(H,15,16);3-4H,1-2H3,(H,10,11);6H,1-5H2;1-2H3/b10-7+,11-6+;;;. The summed E-state index contributed by atoms with van der Waals surface area (Å²) >= 11 is 0. The lowest BCUT2D eigenvalue weighted by atomic mass is 10.0. The Bertz CT molecular complexity index is 862. The van der Waals surface area contributed by atoms with Gasteiger partial charge in [-0.3, -0.25) is 9.78 Å². The highest BCUT2D eigenvalue weighted by atomic mass is 19.1. The zero-order valence-corrected chi connectivity index (χ0v) is 22.1. The number of carboxylic acids is 1. The molecule has 5 N–H and O–H groups in total. The summed E-state index contributed by atoms with van der Waals surface area (Å²) in [6.45, 7) is 20.4. The number of nitrogens with zero attached hydrogens (tertiary/aromatic N) is 1. The Morgan fingerprint density at radius 2 is 1.83 bits per heavy atom. The predicted molar refractivity (Wildman–Crippen MR) is 143 cm³/mol. The third-order valence-electron chi connectivity index (χ3n) is 4.48. The minimum Gasteiger partial charge on any atom is -0.478 e. The van der Waals surface area contributed by atoms with E-state index in [4.69, 9.17) is 10.8 Å². The number of aryl methyl sites for hydroxylation is 2. The molecule has 1 fully saturated rings. The first-order chi connectivity index (χ1) is 16.5. The fraction of sp³-hybridized carbons (Fsp3) is 0.444. The molecule has 0 bridgehead atoms. The van der Waals surface area contributed by atoms with E-state index in [1.165, 1.54) is 38.4 Å². The molecule has 1 aliphatic heterocycles. The smallest absolute Gasteiger partial charge is 0.337 e. The number of hydrogen-bond donors (Lipinski definition) is 4. The van der Waals surface area contributed by atoms with Crippen molar-refractivity contribution < 1.29 is 19.1 Å². The summed E-state index contributed by atoms with van der Waals surface area (Å²) < 4.78 is 13.3. The Morgan fingerprint density at radius 1 is 1.26 bits per heavy atom. The molecule has 1 atom stereocenters. The van der Waals surface area contributed by atoms with E-state index in [-0.39, 0.29) is 11.6 Å². The van der Waals surface area contributed by atoms with Gasteiger partial charge in [-0.25, -0.2) is 9.18 Å². The van der Waals surface area contributed by atoms with E-state index in [9.17, 15) is 14.0 Å². The van der Waals surface area contributed by atoms with Crippen LogP contribution >= 0.6 is 0 Å². The van der Waals surface area contributed by atoms with Crippen LogP contribution < -0.4 is 16.4 Å². The SMILES string of the molecule is C1CCNCC1.C=CC(=O)N/C=C(F)\C=C(/C(=C)C)C(C)N.CC.Cc1cnc(C)c(C(=O)O)c1. The summed E-state index contributed by atoms with van der Waals surface area (Å²) in [6.07, 6.45) is 9.12. The average Bonchev–Trinajstić information content (AvgIpc) is 2.85. The van der Waals surface area contributed by atoms with Crippen molar-refractivity contribution >= 4 is 11.9 Å². The summed E-state index contributed by atoms with van der Waals surface area (Å²) in [7, 11) is 0. The number of aromatic nitrogens is 1. The molecular formula is C27H43FN4O3. The fourth-order valence-corrected chi connectivity index (χ4v) is 2.69. The molecule has 0 saturated carbocycles. The highest BCUT2D eigenvalue weighted by Gasteiger charge is 2.07. The number of carbonyl (C=O) groups excluding carboxylic acids is 1. The summed E-state index contributed by atoms with van der Waals surface area (Å²) in [5.74, 6) is -1.98. The van der Waals surface area contributed by atoms with E-state index in [1.54, 1.807) is 33.0 Å². The highest BCUT2D eigenvalue weighted by molar-refractivity contribution is 5.89. The van der Waals surface area contributed by atoms with Gasteiger partial charge in [-0.1, -0.05) is 39.0 Å². The van der Waals surface area contributed by atoms with Gasteiger partial charge in [0.2, 0.25) is 5.91 Å². The monoisotopic (exact) mass is 490 g/mol. The summed E-state index contributed by atoms with van der Waals surface area (Å²) in [6, 6.07) is 1.30. The molecule has 196 valence electrons. The molecular weight excluding hydrogens is 447 g/mol. The lowest BCUT2D eigenvalue weighted by molar-refractivity contribution is -0.115. The Morgan fingerprint density at radius 3 is 2.17 bits per heavy atom. The third kappa shape index (κ3) is 17.1. The summed E-state index contributed by atoms with van der Waals surface area (Å²) in [5, 5.41) is 14.1. The highest BCUT2D eigenvalue weighted by Crippen LogP contribution is 2.14. The van der Waals surface area contributed by atoms with Gasteiger partial charge in [0.25, 0.3) is 0 Å². The zero-order chi connectivity index (χ0) is 27.4. The van der Waals surface area contributed by atoms with Crippen LogP contribution in [0.2, 0.25) is 0 Å². The number of nitrogens with two attached hydrogens (primary N) is 1. The molecule has 2 rings (SSSR count). The molecule has 1 saturated heterocycles. The molecule has 35 heavy (non-hydrogen) atoms. The van der Waals surface area contributed by atoms with Gasteiger partial charge >= 0.3 is 5.97 Å². The van der Waals surface area contributed by atoms with Crippen molar-refractivity contribution in [2.45, 2.75) is 66.8 Å². The summed E-state index contributed by atoms with van der Waals surface area (Å²) in [4.78, 5) is 25.2. The molecule has 7 nitrogen and oxygen atoms in total. The number of allylic oxidation sites excluding steroid dienone is 2. The largest absolute Gasteiger partial charge is 0.478 e. The molecule has 2 heterocycles. The second kappa shape index (κ2) is 20.3. The molecule has 1 aliphatic rings. The first-order valence-corrected chi connectivity index (χ1v) is 11.8. The Labute approximate surface area is 210 Å². The maximum atomic E-state index is 13.3. The van der Waals surface area contributed by atoms with Crippen molar-refractivity contribution in [2.75, 3.05) is 13.1 Å². The van der Waals surface area contributed by atoms with E-state index in [0.717, 1.165) is 17.8 Å². The van der Waals surface area contributed by atoms with Gasteiger partial charge in [0, 0.05) is 18.4 Å². The molecule has 1 aromatic rings. The van der Waals surface area contributed by atoms with E-state index in [2.05, 4.69) is 28.8 Å². The first kappa shape index (κ1) is 34.1. The van der Waals surface area contributed by atoms with E-state index in [0.29, 0.717) is 16.8 Å². The van der Waals surface area contributed by atoms with E-state index >= 15 is 0 Å². The van der Waals surface area contributed by atoms with E-state index in [1.807, 2.05) is 20.8 Å². The number of piperidine rings is 1. The first-order valence-electron chi connectivity index (χ1n) is 11.8. The van der Waals surface area contributed by atoms with Gasteiger partial charge in [-0.2, -0.15) is 0 Å². The minimum atomic E-state index is -0.918. The van der Waals surface area contributed by atoms with E-state index < -0.39 is 17.7 Å². The Kier molecular flexibility index (Phi) is 19.7. The van der Waals surface area contributed by atoms with Gasteiger partial charge in [0.15, 0.2) is 0 Å². The maximum Gasteiger partial charge on any atom is 0.337 e. The quantitative estimate of drug-likeness (QED) is 0.324. The Balaban J connectivity index is 0. The van der Waals surface area contributed by atoms with Crippen LogP contribution in [-0.2, 0) is 4.79 Å². The van der Waals surface area contributed by atoms with Gasteiger partial charge in [0.05, 0.1) is 11.3 Å². The molecule has 0 radical (unpaired) electrons. The van der Waals surface area contributed by atoms with Crippen LogP contribution in [0.4, 0.5) is 4.39 Å². The van der Waals surface area contributed by atoms with Crippen molar-refractivity contribution in [1.29, 1.82) is 0 Å². The van der Waals surface area contributed by atoms with Crippen molar-refractivity contribution in [1.82, 2.24) is 15.6 Å². The fourth-order valence-electron chi connectivity index (χ4n) is 2.69. The van der Waals surface area contributed by atoms with Crippen molar-refractivity contribution in [3.63, 3.8) is 0 Å². The molecule has 8 heteroatoms. The molecule has 0 aliphatic carbocycles. The number of carboxylic acid groups (broad SMARTS) is 1. The van der Waals surface area contributed by atoms with Crippen LogP contribution in [0.1, 0.15) is 68.6 Å². The number of halogens is 1. The maximum absolute atomic E-state index is 13.3. The number of pyridine rings is 1. The van der Waals surface area contributed by atoms with Crippen LogP contribution in [0, 0.1) is 13.8 Å². The van der Waals surface area contributed by atoms with Crippen LogP contribution in [0.25, 0.3) is 0 Å². The minimum absolute atomic E-state index is 0.282. The van der Waals surface area contributed by atoms with Gasteiger partial charge < -0.3 is 21.5 Å². The second-order valence-corrected chi connectivity index (χ2v) is 7.67. The van der Waals surface area contributed by atoms with Crippen molar-refractivity contribution in [3.8, 4) is 0 Å². The molecule has 1 aromatic heterocycles. The molecule has 1 unspecified atom stereocenters. The van der Waals surface area contributed by atoms with Crippen molar-refractivity contribution in [3.05, 3.63) is 77.6 Å². The van der Waals surface area contributed by atoms with Crippen molar-refractivity contribution in [2.24, 2.45) is 5.73 Å².